The molecular weight excluding hydrogens is 216 g/mol. The standard InChI is InChI=1S/C13H22N2O2/c1-10(2)5-7-14-9-11-13(17-4)12(16-3)6-8-15-11/h6,8,10,14H,5,7,9H2,1-4H3. The highest BCUT2D eigenvalue weighted by atomic mass is 16.5. The third-order valence-electron chi connectivity index (χ3n) is 2.56. The first-order chi connectivity index (χ1) is 8.19. The van der Waals surface area contributed by atoms with E-state index in [0.29, 0.717) is 18.2 Å². The summed E-state index contributed by atoms with van der Waals surface area (Å²) in [5.74, 6) is 2.15. The molecule has 1 N–H and O–H groups in total. The Kier molecular flexibility index (Phi) is 5.77. The van der Waals surface area contributed by atoms with Crippen molar-refractivity contribution in [3.63, 3.8) is 0 Å². The summed E-state index contributed by atoms with van der Waals surface area (Å²) in [6.07, 6.45) is 2.90. The van der Waals surface area contributed by atoms with Gasteiger partial charge in [0, 0.05) is 18.8 Å². The Morgan fingerprint density at radius 2 is 2.06 bits per heavy atom. The summed E-state index contributed by atoms with van der Waals surface area (Å²) in [4.78, 5) is 4.31. The van der Waals surface area contributed by atoms with Crippen molar-refractivity contribution in [2.75, 3.05) is 20.8 Å². The lowest BCUT2D eigenvalue weighted by Gasteiger charge is -2.12. The van der Waals surface area contributed by atoms with E-state index in [4.69, 9.17) is 9.47 Å². The molecule has 0 radical (unpaired) electrons. The molecule has 1 heterocycles. The van der Waals surface area contributed by atoms with Crippen LogP contribution in [0.2, 0.25) is 0 Å². The van der Waals surface area contributed by atoms with Crippen LogP contribution in [0.5, 0.6) is 11.5 Å². The fraction of sp³-hybridized carbons (Fsp3) is 0.615. The van der Waals surface area contributed by atoms with E-state index in [9.17, 15) is 0 Å². The predicted molar refractivity (Wildman–Crippen MR) is 68.5 cm³/mol. The lowest BCUT2D eigenvalue weighted by Crippen LogP contribution is -2.17. The van der Waals surface area contributed by atoms with Gasteiger partial charge in [0.25, 0.3) is 0 Å². The van der Waals surface area contributed by atoms with Gasteiger partial charge < -0.3 is 14.8 Å². The molecule has 4 heteroatoms. The van der Waals surface area contributed by atoms with Crippen LogP contribution in [-0.4, -0.2) is 25.7 Å². The van der Waals surface area contributed by atoms with Gasteiger partial charge in [-0.1, -0.05) is 13.8 Å². The van der Waals surface area contributed by atoms with Gasteiger partial charge >= 0.3 is 0 Å². The molecule has 17 heavy (non-hydrogen) atoms. The van der Waals surface area contributed by atoms with Crippen molar-refractivity contribution in [1.29, 1.82) is 0 Å². The summed E-state index contributed by atoms with van der Waals surface area (Å²) >= 11 is 0. The number of nitrogens with zero attached hydrogens (tertiary/aromatic N) is 1. The molecule has 0 saturated carbocycles. The Morgan fingerprint density at radius 1 is 1.29 bits per heavy atom. The Morgan fingerprint density at radius 3 is 2.65 bits per heavy atom. The van der Waals surface area contributed by atoms with E-state index in [-0.39, 0.29) is 0 Å². The van der Waals surface area contributed by atoms with Gasteiger partial charge in [-0.05, 0) is 18.9 Å². The SMILES string of the molecule is COc1ccnc(CNCCC(C)C)c1OC. The summed E-state index contributed by atoms with van der Waals surface area (Å²) in [6.45, 7) is 6.12. The molecule has 4 nitrogen and oxygen atoms in total. The van der Waals surface area contributed by atoms with E-state index in [2.05, 4.69) is 24.1 Å². The Hall–Kier alpha value is -1.29. The van der Waals surface area contributed by atoms with Crippen LogP contribution in [0.3, 0.4) is 0 Å². The first kappa shape index (κ1) is 13.8. The molecule has 1 aromatic heterocycles. The maximum Gasteiger partial charge on any atom is 0.183 e. The van der Waals surface area contributed by atoms with E-state index >= 15 is 0 Å². The second kappa shape index (κ2) is 7.12. The Bertz CT molecular complexity index is 340. The third kappa shape index (κ3) is 4.23. The van der Waals surface area contributed by atoms with Gasteiger partial charge in [-0.2, -0.15) is 0 Å². The zero-order valence-electron chi connectivity index (χ0n) is 11.1. The molecule has 0 aromatic carbocycles. The molecule has 0 saturated heterocycles. The van der Waals surface area contributed by atoms with Gasteiger partial charge in [0.1, 0.15) is 0 Å². The zero-order valence-corrected chi connectivity index (χ0v) is 11.1. The van der Waals surface area contributed by atoms with E-state index in [0.717, 1.165) is 24.4 Å². The molecule has 0 aliphatic rings. The number of hydrogen-bond acceptors (Lipinski definition) is 4. The molecule has 96 valence electrons. The molecule has 0 amide bonds. The van der Waals surface area contributed by atoms with Crippen LogP contribution < -0.4 is 14.8 Å². The number of methoxy groups -OCH3 is 2. The van der Waals surface area contributed by atoms with Crippen LogP contribution >= 0.6 is 0 Å². The molecule has 0 fully saturated rings. The second-order valence-corrected chi connectivity index (χ2v) is 4.35. The minimum absolute atomic E-state index is 0.701. The number of nitrogens with one attached hydrogen (secondary N) is 1. The quantitative estimate of drug-likeness (QED) is 0.740. The van der Waals surface area contributed by atoms with Crippen molar-refractivity contribution in [3.8, 4) is 11.5 Å². The minimum atomic E-state index is 0.701. The monoisotopic (exact) mass is 238 g/mol. The lowest BCUT2D eigenvalue weighted by molar-refractivity contribution is 0.348. The van der Waals surface area contributed by atoms with Gasteiger partial charge in [-0.3, -0.25) is 4.98 Å². The molecular formula is C13H22N2O2. The van der Waals surface area contributed by atoms with E-state index in [1.807, 2.05) is 0 Å². The molecule has 1 rings (SSSR count). The summed E-state index contributed by atoms with van der Waals surface area (Å²) in [5, 5.41) is 3.36. The fourth-order valence-electron chi connectivity index (χ4n) is 1.57. The maximum absolute atomic E-state index is 5.32. The van der Waals surface area contributed by atoms with Crippen molar-refractivity contribution in [2.45, 2.75) is 26.8 Å². The van der Waals surface area contributed by atoms with Gasteiger partial charge in [-0.25, -0.2) is 0 Å². The van der Waals surface area contributed by atoms with Crippen molar-refractivity contribution in [3.05, 3.63) is 18.0 Å². The van der Waals surface area contributed by atoms with Crippen LogP contribution in [-0.2, 0) is 6.54 Å². The summed E-state index contributed by atoms with van der Waals surface area (Å²) < 4.78 is 10.5. The van der Waals surface area contributed by atoms with Crippen molar-refractivity contribution < 1.29 is 9.47 Å². The van der Waals surface area contributed by atoms with Crippen molar-refractivity contribution in [2.24, 2.45) is 5.92 Å². The normalized spacial score (nSPS) is 10.6. The number of ether oxygens (including phenoxy) is 2. The van der Waals surface area contributed by atoms with Crippen LogP contribution in [0.4, 0.5) is 0 Å². The highest BCUT2D eigenvalue weighted by molar-refractivity contribution is 5.42. The fourth-order valence-corrected chi connectivity index (χ4v) is 1.57. The molecule has 0 aliphatic carbocycles. The highest BCUT2D eigenvalue weighted by Crippen LogP contribution is 2.28. The minimum Gasteiger partial charge on any atom is -0.493 e. The number of hydrogen-bond donors (Lipinski definition) is 1. The largest absolute Gasteiger partial charge is 0.493 e. The van der Waals surface area contributed by atoms with Crippen molar-refractivity contribution >= 4 is 0 Å². The van der Waals surface area contributed by atoms with Gasteiger partial charge in [0.2, 0.25) is 0 Å². The molecule has 0 spiro atoms. The van der Waals surface area contributed by atoms with Crippen LogP contribution in [0.1, 0.15) is 26.0 Å². The maximum atomic E-state index is 5.32. The summed E-state index contributed by atoms with van der Waals surface area (Å²) in [7, 11) is 3.27. The Labute approximate surface area is 103 Å². The van der Waals surface area contributed by atoms with Crippen LogP contribution in [0.25, 0.3) is 0 Å². The van der Waals surface area contributed by atoms with E-state index < -0.39 is 0 Å². The van der Waals surface area contributed by atoms with Gasteiger partial charge in [-0.15, -0.1) is 0 Å². The topological polar surface area (TPSA) is 43.4 Å². The number of pyridine rings is 1. The zero-order chi connectivity index (χ0) is 12.7. The van der Waals surface area contributed by atoms with E-state index in [1.54, 1.807) is 26.5 Å². The van der Waals surface area contributed by atoms with Crippen LogP contribution in [0, 0.1) is 5.92 Å². The molecule has 0 aliphatic heterocycles. The lowest BCUT2D eigenvalue weighted by atomic mass is 10.1. The number of rotatable bonds is 7. The van der Waals surface area contributed by atoms with Gasteiger partial charge in [0.15, 0.2) is 11.5 Å². The third-order valence-corrected chi connectivity index (χ3v) is 2.56. The van der Waals surface area contributed by atoms with Crippen molar-refractivity contribution in [1.82, 2.24) is 10.3 Å². The van der Waals surface area contributed by atoms with E-state index in [1.165, 1.54) is 0 Å². The first-order valence-corrected chi connectivity index (χ1v) is 5.95. The number of aromatic nitrogens is 1. The van der Waals surface area contributed by atoms with Gasteiger partial charge in [0.05, 0.1) is 19.9 Å². The average Bonchev–Trinajstić information content (AvgIpc) is 2.33. The predicted octanol–water partition coefficient (Wildman–Crippen LogP) is 2.23. The highest BCUT2D eigenvalue weighted by Gasteiger charge is 2.10. The van der Waals surface area contributed by atoms with Crippen LogP contribution in [0.15, 0.2) is 12.3 Å². The molecule has 1 aromatic rings. The summed E-state index contributed by atoms with van der Waals surface area (Å²) in [6, 6.07) is 1.80. The first-order valence-electron chi connectivity index (χ1n) is 5.95. The second-order valence-electron chi connectivity index (χ2n) is 4.35. The Balaban J connectivity index is 2.58. The smallest absolute Gasteiger partial charge is 0.183 e. The molecule has 0 unspecified atom stereocenters. The average molecular weight is 238 g/mol. The molecule has 0 bridgehead atoms. The molecule has 0 atom stereocenters. The summed E-state index contributed by atoms with van der Waals surface area (Å²) in [5.41, 5.74) is 0.885.